The molecule has 0 radical (unpaired) electrons. The highest BCUT2D eigenvalue weighted by atomic mass is 16.2. The molecule has 1 amide bonds. The minimum atomic E-state index is -0.375. The zero-order chi connectivity index (χ0) is 14.5. The number of hydrogen-bond acceptors (Lipinski definition) is 3. The number of Topliss-reactive ketones (excluding diaryl/α,β-unsaturated/α-hetero) is 1. The lowest BCUT2D eigenvalue weighted by Crippen LogP contribution is -2.48. The van der Waals surface area contributed by atoms with Crippen molar-refractivity contribution in [1.29, 1.82) is 0 Å². The van der Waals surface area contributed by atoms with Crippen LogP contribution in [0.25, 0.3) is 0 Å². The van der Waals surface area contributed by atoms with Crippen LogP contribution in [0.2, 0.25) is 0 Å². The molecular formula is C14H28N2O2. The largest absolute Gasteiger partial charge is 0.345 e. The van der Waals surface area contributed by atoms with Crippen LogP contribution in [0.15, 0.2) is 0 Å². The van der Waals surface area contributed by atoms with Crippen LogP contribution in [0, 0.1) is 11.8 Å². The van der Waals surface area contributed by atoms with Crippen LogP contribution in [-0.4, -0.2) is 42.3 Å². The molecule has 0 aliphatic rings. The van der Waals surface area contributed by atoms with Crippen LogP contribution >= 0.6 is 0 Å². The van der Waals surface area contributed by atoms with Crippen molar-refractivity contribution in [2.75, 3.05) is 13.6 Å². The van der Waals surface area contributed by atoms with Gasteiger partial charge in [-0.15, -0.1) is 0 Å². The third-order valence-electron chi connectivity index (χ3n) is 3.47. The Labute approximate surface area is 111 Å². The van der Waals surface area contributed by atoms with Gasteiger partial charge in [-0.05, 0) is 32.7 Å². The Morgan fingerprint density at radius 3 is 1.89 bits per heavy atom. The fourth-order valence-electron chi connectivity index (χ4n) is 1.84. The molecule has 0 aliphatic heterocycles. The van der Waals surface area contributed by atoms with E-state index < -0.39 is 0 Å². The van der Waals surface area contributed by atoms with E-state index in [1.165, 1.54) is 6.92 Å². The van der Waals surface area contributed by atoms with Gasteiger partial charge in [0.2, 0.25) is 5.91 Å². The standard InChI is InChI=1S/C14H28N2O2/c1-9(2)11(5)16(7)8-13(18)15-14(10(3)4)12(6)17/h9-11,14H,8H2,1-7H3,(H,15,18). The van der Waals surface area contributed by atoms with Crippen LogP contribution in [0.3, 0.4) is 0 Å². The average molecular weight is 256 g/mol. The first-order chi connectivity index (χ1) is 8.16. The van der Waals surface area contributed by atoms with Crippen molar-refractivity contribution in [3.63, 3.8) is 0 Å². The van der Waals surface area contributed by atoms with Crippen LogP contribution in [0.1, 0.15) is 41.5 Å². The second-order valence-corrected chi connectivity index (χ2v) is 5.80. The summed E-state index contributed by atoms with van der Waals surface area (Å²) in [4.78, 5) is 25.3. The smallest absolute Gasteiger partial charge is 0.234 e. The summed E-state index contributed by atoms with van der Waals surface area (Å²) in [5.41, 5.74) is 0. The average Bonchev–Trinajstić information content (AvgIpc) is 2.23. The molecule has 2 atom stereocenters. The number of nitrogens with one attached hydrogen (secondary N) is 1. The van der Waals surface area contributed by atoms with Gasteiger partial charge in [-0.25, -0.2) is 0 Å². The predicted octanol–water partition coefficient (Wildman–Crippen LogP) is 1.69. The molecule has 0 saturated carbocycles. The predicted molar refractivity (Wildman–Crippen MR) is 74.4 cm³/mol. The summed E-state index contributed by atoms with van der Waals surface area (Å²) >= 11 is 0. The number of amides is 1. The van der Waals surface area contributed by atoms with Crippen LogP contribution < -0.4 is 5.32 Å². The van der Waals surface area contributed by atoms with Crippen LogP contribution in [0.4, 0.5) is 0 Å². The van der Waals surface area contributed by atoms with E-state index in [4.69, 9.17) is 0 Å². The fourth-order valence-corrected chi connectivity index (χ4v) is 1.84. The third-order valence-corrected chi connectivity index (χ3v) is 3.47. The number of ketones is 1. The summed E-state index contributed by atoms with van der Waals surface area (Å²) in [5.74, 6) is 0.549. The zero-order valence-corrected chi connectivity index (χ0v) is 12.8. The monoisotopic (exact) mass is 256 g/mol. The first-order valence-electron chi connectivity index (χ1n) is 6.66. The van der Waals surface area contributed by atoms with Gasteiger partial charge in [-0.2, -0.15) is 0 Å². The lowest BCUT2D eigenvalue weighted by Gasteiger charge is -2.28. The fraction of sp³-hybridized carbons (Fsp3) is 0.857. The second kappa shape index (κ2) is 7.52. The second-order valence-electron chi connectivity index (χ2n) is 5.80. The molecule has 106 valence electrons. The molecule has 1 N–H and O–H groups in total. The minimum absolute atomic E-state index is 0.0120. The highest BCUT2D eigenvalue weighted by molar-refractivity contribution is 5.88. The molecule has 0 aromatic carbocycles. The Kier molecular flexibility index (Phi) is 7.14. The number of rotatable bonds is 7. The molecule has 4 nitrogen and oxygen atoms in total. The van der Waals surface area contributed by atoms with Gasteiger partial charge < -0.3 is 5.32 Å². The van der Waals surface area contributed by atoms with E-state index in [-0.39, 0.29) is 23.7 Å². The Morgan fingerprint density at radius 1 is 1.06 bits per heavy atom. The highest BCUT2D eigenvalue weighted by Gasteiger charge is 2.22. The molecule has 0 fully saturated rings. The van der Waals surface area contributed by atoms with Gasteiger partial charge >= 0.3 is 0 Å². The first kappa shape index (κ1) is 17.1. The topological polar surface area (TPSA) is 49.4 Å². The van der Waals surface area contributed by atoms with E-state index in [1.807, 2.05) is 25.8 Å². The maximum atomic E-state index is 11.9. The number of nitrogens with zero attached hydrogens (tertiary/aromatic N) is 1. The highest BCUT2D eigenvalue weighted by Crippen LogP contribution is 2.08. The van der Waals surface area contributed by atoms with E-state index >= 15 is 0 Å². The number of carbonyl (C=O) groups excluding carboxylic acids is 2. The molecule has 0 aromatic rings. The van der Waals surface area contributed by atoms with Gasteiger partial charge in [0.1, 0.15) is 0 Å². The van der Waals surface area contributed by atoms with Gasteiger partial charge in [0.15, 0.2) is 5.78 Å². The molecule has 0 aliphatic carbocycles. The molecule has 4 heteroatoms. The summed E-state index contributed by atoms with van der Waals surface area (Å²) in [6.07, 6.45) is 0. The zero-order valence-electron chi connectivity index (χ0n) is 12.8. The molecule has 0 spiro atoms. The molecule has 18 heavy (non-hydrogen) atoms. The van der Waals surface area contributed by atoms with Crippen molar-refractivity contribution in [2.24, 2.45) is 11.8 Å². The normalized spacial score (nSPS) is 15.0. The number of likely N-dealkylation sites (N-methyl/N-ethyl adjacent to an activating group) is 1. The van der Waals surface area contributed by atoms with Gasteiger partial charge in [0.05, 0.1) is 12.6 Å². The Bertz CT molecular complexity index is 288. The molecule has 0 aromatic heterocycles. The SMILES string of the molecule is CC(=O)C(NC(=O)CN(C)C(C)C(C)C)C(C)C. The van der Waals surface area contributed by atoms with Gasteiger partial charge in [0.25, 0.3) is 0 Å². The Balaban J connectivity index is 4.37. The summed E-state index contributed by atoms with van der Waals surface area (Å²) in [7, 11) is 1.93. The van der Waals surface area contributed by atoms with Crippen molar-refractivity contribution in [2.45, 2.75) is 53.6 Å². The Morgan fingerprint density at radius 2 is 1.56 bits per heavy atom. The lowest BCUT2D eigenvalue weighted by molar-refractivity contribution is -0.128. The van der Waals surface area contributed by atoms with Crippen molar-refractivity contribution < 1.29 is 9.59 Å². The lowest BCUT2D eigenvalue weighted by atomic mass is 10.0. The van der Waals surface area contributed by atoms with Gasteiger partial charge in [-0.1, -0.05) is 27.7 Å². The van der Waals surface area contributed by atoms with E-state index in [0.717, 1.165) is 0 Å². The molecule has 0 saturated heterocycles. The molecular weight excluding hydrogens is 228 g/mol. The first-order valence-corrected chi connectivity index (χ1v) is 6.66. The van der Waals surface area contributed by atoms with Crippen LogP contribution in [-0.2, 0) is 9.59 Å². The van der Waals surface area contributed by atoms with Gasteiger partial charge in [-0.3, -0.25) is 14.5 Å². The van der Waals surface area contributed by atoms with Crippen molar-refractivity contribution in [3.05, 3.63) is 0 Å². The minimum Gasteiger partial charge on any atom is -0.345 e. The van der Waals surface area contributed by atoms with Crippen molar-refractivity contribution >= 4 is 11.7 Å². The maximum Gasteiger partial charge on any atom is 0.234 e. The maximum absolute atomic E-state index is 11.9. The summed E-state index contributed by atoms with van der Waals surface area (Å²) in [5, 5.41) is 2.81. The van der Waals surface area contributed by atoms with Crippen LogP contribution in [0.5, 0.6) is 0 Å². The van der Waals surface area contributed by atoms with Crippen molar-refractivity contribution in [1.82, 2.24) is 10.2 Å². The molecule has 0 rings (SSSR count). The van der Waals surface area contributed by atoms with E-state index in [1.54, 1.807) is 0 Å². The van der Waals surface area contributed by atoms with E-state index in [9.17, 15) is 9.59 Å². The third kappa shape index (κ3) is 5.63. The quantitative estimate of drug-likeness (QED) is 0.754. The molecule has 0 heterocycles. The van der Waals surface area contributed by atoms with Crippen molar-refractivity contribution in [3.8, 4) is 0 Å². The number of hydrogen-bond donors (Lipinski definition) is 1. The summed E-state index contributed by atoms with van der Waals surface area (Å²) < 4.78 is 0. The number of carbonyl (C=O) groups is 2. The van der Waals surface area contributed by atoms with E-state index in [2.05, 4.69) is 26.1 Å². The molecule has 0 bridgehead atoms. The van der Waals surface area contributed by atoms with E-state index in [0.29, 0.717) is 18.5 Å². The Hall–Kier alpha value is -0.900. The van der Waals surface area contributed by atoms with Gasteiger partial charge in [0, 0.05) is 6.04 Å². The molecule has 2 unspecified atom stereocenters. The summed E-state index contributed by atoms with van der Waals surface area (Å²) in [6, 6.07) is -0.0363. The summed E-state index contributed by atoms with van der Waals surface area (Å²) in [6.45, 7) is 12.1.